The summed E-state index contributed by atoms with van der Waals surface area (Å²) in [6.07, 6.45) is 5.32. The Hall–Kier alpha value is -2.97. The molecule has 2 aromatic heterocycles. The summed E-state index contributed by atoms with van der Waals surface area (Å²) >= 11 is 0. The van der Waals surface area contributed by atoms with Crippen molar-refractivity contribution >= 4 is 5.91 Å². The van der Waals surface area contributed by atoms with E-state index < -0.39 is 6.10 Å². The minimum Gasteiger partial charge on any atom is -0.390 e. The molecule has 0 radical (unpaired) electrons. The molecule has 8 heteroatoms. The second-order valence-electron chi connectivity index (χ2n) is 7.49. The molecule has 4 rings (SSSR count). The van der Waals surface area contributed by atoms with Crippen LogP contribution in [0.1, 0.15) is 33.8 Å². The molecule has 152 valence electrons. The number of benzene rings is 1. The molecule has 2 N–H and O–H groups in total. The van der Waals surface area contributed by atoms with Gasteiger partial charge in [-0.15, -0.1) is 0 Å². The highest BCUT2D eigenvalue weighted by molar-refractivity contribution is 5.94. The number of carbonyl (C=O) groups is 1. The van der Waals surface area contributed by atoms with E-state index in [0.717, 1.165) is 29.2 Å². The van der Waals surface area contributed by atoms with Crippen LogP contribution in [0.25, 0.3) is 5.69 Å². The number of aliphatic hydroxyl groups is 1. The van der Waals surface area contributed by atoms with Crippen molar-refractivity contribution in [2.45, 2.75) is 39.0 Å². The molecule has 29 heavy (non-hydrogen) atoms. The molecule has 0 saturated carbocycles. The van der Waals surface area contributed by atoms with Crippen molar-refractivity contribution in [3.05, 3.63) is 65.6 Å². The molecule has 0 unspecified atom stereocenters. The second-order valence-corrected chi connectivity index (χ2v) is 7.49. The maximum absolute atomic E-state index is 12.6. The summed E-state index contributed by atoms with van der Waals surface area (Å²) in [5.41, 5.74) is 3.45. The molecule has 1 fully saturated rings. The second kappa shape index (κ2) is 8.18. The quantitative estimate of drug-likeness (QED) is 0.684. The molecule has 3 aromatic rings. The van der Waals surface area contributed by atoms with Gasteiger partial charge in [0.05, 0.1) is 24.2 Å². The lowest BCUT2D eigenvalue weighted by atomic mass is 10.0. The van der Waals surface area contributed by atoms with Crippen molar-refractivity contribution in [2.24, 2.45) is 0 Å². The third-order valence-corrected chi connectivity index (χ3v) is 5.48. The lowest BCUT2D eigenvalue weighted by Gasteiger charge is -2.36. The average Bonchev–Trinajstić information content (AvgIpc) is 3.36. The molecule has 1 aromatic carbocycles. The normalized spacial score (nSPS) is 20.0. The monoisotopic (exact) mass is 395 g/mol. The van der Waals surface area contributed by atoms with E-state index in [2.05, 4.69) is 20.4 Å². The van der Waals surface area contributed by atoms with Gasteiger partial charge in [0.1, 0.15) is 5.76 Å². The largest absolute Gasteiger partial charge is 0.390 e. The predicted octanol–water partition coefficient (Wildman–Crippen LogP) is 1.84. The van der Waals surface area contributed by atoms with Crippen molar-refractivity contribution in [1.29, 1.82) is 0 Å². The number of hydrogen-bond donors (Lipinski definition) is 2. The molecule has 0 bridgehead atoms. The third-order valence-electron chi connectivity index (χ3n) is 5.48. The summed E-state index contributed by atoms with van der Waals surface area (Å²) in [5, 5.41) is 17.5. The van der Waals surface area contributed by atoms with Gasteiger partial charge in [0.2, 0.25) is 0 Å². The van der Waals surface area contributed by atoms with Crippen LogP contribution in [0.2, 0.25) is 0 Å². The van der Waals surface area contributed by atoms with Gasteiger partial charge >= 0.3 is 0 Å². The number of aliphatic hydroxyl groups excluding tert-OH is 1. The number of imidazole rings is 1. The zero-order valence-corrected chi connectivity index (χ0v) is 16.6. The topological polar surface area (TPSA) is 96.4 Å². The van der Waals surface area contributed by atoms with E-state index in [1.54, 1.807) is 24.7 Å². The Labute approximate surface area is 169 Å². The standard InChI is InChI=1S/C21H25N5O3/c1-14-18(15(2)29-24-14)11-25-9-7-19(20(27)12-25)23-21(28)16-3-5-17(6-4-16)26-10-8-22-13-26/h3-6,8,10,13,19-20,27H,7,9,11-12H2,1-2H3,(H,23,28)/t19-,20-/m1/s1. The summed E-state index contributed by atoms with van der Waals surface area (Å²) in [4.78, 5) is 18.8. The van der Waals surface area contributed by atoms with Crippen LogP contribution in [0.15, 0.2) is 47.5 Å². The fourth-order valence-electron chi connectivity index (χ4n) is 3.71. The van der Waals surface area contributed by atoms with E-state index in [1.807, 2.05) is 36.7 Å². The van der Waals surface area contributed by atoms with Gasteiger partial charge in [-0.2, -0.15) is 0 Å². The minimum absolute atomic E-state index is 0.176. The Balaban J connectivity index is 1.33. The van der Waals surface area contributed by atoms with Crippen molar-refractivity contribution in [1.82, 2.24) is 24.9 Å². The molecule has 1 saturated heterocycles. The molecular weight excluding hydrogens is 370 g/mol. The molecule has 3 heterocycles. The first-order valence-electron chi connectivity index (χ1n) is 9.72. The van der Waals surface area contributed by atoms with Crippen LogP contribution in [0.5, 0.6) is 0 Å². The number of rotatable bonds is 5. The lowest BCUT2D eigenvalue weighted by Crippen LogP contribution is -2.53. The molecule has 0 aliphatic carbocycles. The first kappa shape index (κ1) is 19.4. The summed E-state index contributed by atoms with van der Waals surface area (Å²) in [7, 11) is 0. The molecular formula is C21H25N5O3. The summed E-state index contributed by atoms with van der Waals surface area (Å²) in [6.45, 7) is 5.79. The maximum atomic E-state index is 12.6. The molecule has 1 aliphatic rings. The Morgan fingerprint density at radius 2 is 2.10 bits per heavy atom. The maximum Gasteiger partial charge on any atom is 0.251 e. The zero-order chi connectivity index (χ0) is 20.4. The number of likely N-dealkylation sites (tertiary alicyclic amines) is 1. The Bertz CT molecular complexity index is 945. The van der Waals surface area contributed by atoms with E-state index in [-0.39, 0.29) is 11.9 Å². The van der Waals surface area contributed by atoms with E-state index in [4.69, 9.17) is 4.52 Å². The van der Waals surface area contributed by atoms with Gasteiger partial charge in [-0.25, -0.2) is 4.98 Å². The number of nitrogens with zero attached hydrogens (tertiary/aromatic N) is 4. The van der Waals surface area contributed by atoms with Crippen molar-refractivity contribution in [3.63, 3.8) is 0 Å². The molecule has 0 spiro atoms. The van der Waals surface area contributed by atoms with Crippen LogP contribution in [-0.4, -0.2) is 55.9 Å². The molecule has 8 nitrogen and oxygen atoms in total. The molecule has 1 aliphatic heterocycles. The summed E-state index contributed by atoms with van der Waals surface area (Å²) in [5.74, 6) is 0.636. The van der Waals surface area contributed by atoms with Crippen LogP contribution >= 0.6 is 0 Å². The van der Waals surface area contributed by atoms with Crippen molar-refractivity contribution in [3.8, 4) is 5.69 Å². The first-order valence-corrected chi connectivity index (χ1v) is 9.72. The lowest BCUT2D eigenvalue weighted by molar-refractivity contribution is 0.0347. The van der Waals surface area contributed by atoms with Gasteiger partial charge < -0.3 is 19.5 Å². The van der Waals surface area contributed by atoms with Gasteiger partial charge in [-0.3, -0.25) is 9.69 Å². The van der Waals surface area contributed by atoms with Gasteiger partial charge in [0.15, 0.2) is 0 Å². The number of aryl methyl sites for hydroxylation is 2. The number of piperidine rings is 1. The fourth-order valence-corrected chi connectivity index (χ4v) is 3.71. The number of amides is 1. The van der Waals surface area contributed by atoms with Crippen LogP contribution in [-0.2, 0) is 6.54 Å². The van der Waals surface area contributed by atoms with Crippen LogP contribution in [0.4, 0.5) is 0 Å². The van der Waals surface area contributed by atoms with Gasteiger partial charge in [0, 0.05) is 48.8 Å². The number of hydrogen-bond acceptors (Lipinski definition) is 6. The molecule has 1 amide bonds. The minimum atomic E-state index is -0.626. The van der Waals surface area contributed by atoms with Crippen LogP contribution in [0.3, 0.4) is 0 Å². The van der Waals surface area contributed by atoms with E-state index in [0.29, 0.717) is 25.1 Å². The van der Waals surface area contributed by atoms with Crippen molar-refractivity contribution in [2.75, 3.05) is 13.1 Å². The first-order chi connectivity index (χ1) is 14.0. The summed E-state index contributed by atoms with van der Waals surface area (Å²) < 4.78 is 7.09. The smallest absolute Gasteiger partial charge is 0.251 e. The molecule has 2 atom stereocenters. The number of β-amino-alcohol motifs (C(OH)–C–C–N with tert-alkyl or cyclic N) is 1. The van der Waals surface area contributed by atoms with E-state index >= 15 is 0 Å². The highest BCUT2D eigenvalue weighted by Crippen LogP contribution is 2.19. The Morgan fingerprint density at radius 1 is 1.31 bits per heavy atom. The zero-order valence-electron chi connectivity index (χ0n) is 16.6. The Morgan fingerprint density at radius 3 is 2.72 bits per heavy atom. The number of nitrogens with one attached hydrogen (secondary N) is 1. The van der Waals surface area contributed by atoms with Gasteiger partial charge in [-0.1, -0.05) is 5.16 Å². The van der Waals surface area contributed by atoms with E-state index in [9.17, 15) is 9.90 Å². The van der Waals surface area contributed by atoms with Crippen LogP contribution in [0, 0.1) is 13.8 Å². The highest BCUT2D eigenvalue weighted by atomic mass is 16.5. The number of aromatic nitrogens is 3. The van der Waals surface area contributed by atoms with Gasteiger partial charge in [-0.05, 0) is 44.5 Å². The SMILES string of the molecule is Cc1noc(C)c1CN1CC[C@@H](NC(=O)c2ccc(-n3ccnc3)cc2)[C@H](O)C1. The fraction of sp³-hybridized carbons (Fsp3) is 0.381. The Kier molecular flexibility index (Phi) is 5.46. The highest BCUT2D eigenvalue weighted by Gasteiger charge is 2.30. The number of carbonyl (C=O) groups excluding carboxylic acids is 1. The third kappa shape index (κ3) is 4.23. The van der Waals surface area contributed by atoms with E-state index in [1.165, 1.54) is 0 Å². The average molecular weight is 395 g/mol. The van der Waals surface area contributed by atoms with Crippen LogP contribution < -0.4 is 5.32 Å². The van der Waals surface area contributed by atoms with Gasteiger partial charge in [0.25, 0.3) is 5.91 Å². The van der Waals surface area contributed by atoms with Crippen molar-refractivity contribution < 1.29 is 14.4 Å². The predicted molar refractivity (Wildman–Crippen MR) is 107 cm³/mol. The summed E-state index contributed by atoms with van der Waals surface area (Å²) in [6, 6.07) is 7.04.